The highest BCUT2D eigenvalue weighted by atomic mass is 79.9. The van der Waals surface area contributed by atoms with E-state index >= 15 is 0 Å². The van der Waals surface area contributed by atoms with Crippen molar-refractivity contribution in [3.63, 3.8) is 0 Å². The number of nitrogens with zero attached hydrogens (tertiary/aromatic N) is 2. The predicted octanol–water partition coefficient (Wildman–Crippen LogP) is 3.43. The summed E-state index contributed by atoms with van der Waals surface area (Å²) in [5.41, 5.74) is 0.598. The van der Waals surface area contributed by atoms with Gasteiger partial charge < -0.3 is 0 Å². The Balaban J connectivity index is 1.75. The Morgan fingerprint density at radius 3 is 2.83 bits per heavy atom. The zero-order valence-electron chi connectivity index (χ0n) is 9.39. The number of halogens is 1. The lowest BCUT2D eigenvalue weighted by atomic mass is 10.2. The number of carbonyl (C=O) groups is 1. The molecule has 1 aromatic carbocycles. The summed E-state index contributed by atoms with van der Waals surface area (Å²) in [6, 6.07) is 7.30. The molecule has 0 unspecified atom stereocenters. The van der Waals surface area contributed by atoms with Crippen molar-refractivity contribution < 1.29 is 4.79 Å². The van der Waals surface area contributed by atoms with Gasteiger partial charge >= 0.3 is 0 Å². The minimum absolute atomic E-state index is 0.166. The monoisotopic (exact) mass is 323 g/mol. The van der Waals surface area contributed by atoms with E-state index in [1.165, 1.54) is 24.2 Å². The van der Waals surface area contributed by atoms with E-state index in [4.69, 9.17) is 0 Å². The van der Waals surface area contributed by atoms with Crippen LogP contribution in [0.1, 0.15) is 34.1 Å². The molecule has 1 aromatic heterocycles. The molecule has 1 aliphatic rings. The summed E-state index contributed by atoms with van der Waals surface area (Å²) in [5, 5.41) is 12.5. The first-order valence-corrected chi connectivity index (χ1v) is 7.24. The lowest BCUT2D eigenvalue weighted by Gasteiger charge is -2.02. The van der Waals surface area contributed by atoms with Crippen molar-refractivity contribution in [2.24, 2.45) is 0 Å². The number of rotatable bonds is 3. The number of aromatic nitrogens is 2. The van der Waals surface area contributed by atoms with E-state index in [1.54, 1.807) is 6.07 Å². The van der Waals surface area contributed by atoms with Crippen molar-refractivity contribution in [3.05, 3.63) is 39.3 Å². The molecule has 1 saturated carbocycles. The Morgan fingerprint density at radius 2 is 2.11 bits per heavy atom. The Bertz CT molecular complexity index is 595. The molecule has 0 bridgehead atoms. The van der Waals surface area contributed by atoms with E-state index in [9.17, 15) is 4.79 Å². The third kappa shape index (κ3) is 2.44. The van der Waals surface area contributed by atoms with Crippen LogP contribution in [-0.2, 0) is 0 Å². The van der Waals surface area contributed by atoms with Crippen LogP contribution in [0.25, 0.3) is 0 Å². The van der Waals surface area contributed by atoms with Gasteiger partial charge in [0.25, 0.3) is 5.91 Å². The Labute approximate surface area is 117 Å². The van der Waals surface area contributed by atoms with E-state index < -0.39 is 0 Å². The van der Waals surface area contributed by atoms with E-state index in [2.05, 4.69) is 31.4 Å². The highest BCUT2D eigenvalue weighted by Gasteiger charge is 2.27. The first kappa shape index (κ1) is 11.8. The maximum absolute atomic E-state index is 12.0. The Kier molecular flexibility index (Phi) is 3.13. The molecule has 1 heterocycles. The summed E-state index contributed by atoms with van der Waals surface area (Å²) in [7, 11) is 0. The number of hydrogen-bond acceptors (Lipinski definition) is 4. The molecule has 1 amide bonds. The zero-order chi connectivity index (χ0) is 12.5. The fourth-order valence-electron chi connectivity index (χ4n) is 1.59. The lowest BCUT2D eigenvalue weighted by molar-refractivity contribution is 0.102. The van der Waals surface area contributed by atoms with Crippen LogP contribution in [0.3, 0.4) is 0 Å². The molecule has 0 radical (unpaired) electrons. The summed E-state index contributed by atoms with van der Waals surface area (Å²) < 4.78 is 0.773. The van der Waals surface area contributed by atoms with Gasteiger partial charge in [-0.15, -0.1) is 10.2 Å². The normalized spacial score (nSPS) is 14.5. The number of benzene rings is 1. The molecule has 0 atom stereocenters. The van der Waals surface area contributed by atoms with Crippen LogP contribution < -0.4 is 5.32 Å². The first-order valence-electron chi connectivity index (χ1n) is 5.63. The van der Waals surface area contributed by atoms with Crippen LogP contribution >= 0.6 is 27.3 Å². The number of hydrogen-bond donors (Lipinski definition) is 1. The topological polar surface area (TPSA) is 54.9 Å². The molecule has 1 N–H and O–H groups in total. The summed E-state index contributed by atoms with van der Waals surface area (Å²) in [5.74, 6) is 0.401. The van der Waals surface area contributed by atoms with Crippen molar-refractivity contribution >= 4 is 38.3 Å². The van der Waals surface area contributed by atoms with Gasteiger partial charge in [0.1, 0.15) is 5.01 Å². The summed E-state index contributed by atoms with van der Waals surface area (Å²) >= 11 is 4.82. The van der Waals surface area contributed by atoms with Crippen LogP contribution in [-0.4, -0.2) is 16.1 Å². The average Bonchev–Trinajstić information content (AvgIpc) is 3.11. The molecule has 4 nitrogen and oxygen atoms in total. The summed E-state index contributed by atoms with van der Waals surface area (Å²) in [6.45, 7) is 0. The van der Waals surface area contributed by atoms with Gasteiger partial charge in [0.2, 0.25) is 5.13 Å². The standard InChI is InChI=1S/C12H10BrN3OS/c13-9-4-2-1-3-8(9)10(17)14-12-16-15-11(18-12)7-5-6-7/h1-4,7H,5-6H2,(H,14,16,17). The van der Waals surface area contributed by atoms with Gasteiger partial charge in [-0.25, -0.2) is 0 Å². The Morgan fingerprint density at radius 1 is 1.33 bits per heavy atom. The number of nitrogens with one attached hydrogen (secondary N) is 1. The van der Waals surface area contributed by atoms with Crippen molar-refractivity contribution in [1.29, 1.82) is 0 Å². The lowest BCUT2D eigenvalue weighted by Crippen LogP contribution is -2.12. The number of anilines is 1. The van der Waals surface area contributed by atoms with E-state index in [1.807, 2.05) is 18.2 Å². The second-order valence-corrected chi connectivity index (χ2v) is 6.02. The first-order chi connectivity index (χ1) is 8.74. The largest absolute Gasteiger partial charge is 0.296 e. The minimum atomic E-state index is -0.166. The smallest absolute Gasteiger partial charge is 0.258 e. The van der Waals surface area contributed by atoms with E-state index in [0.29, 0.717) is 16.6 Å². The van der Waals surface area contributed by atoms with Crippen LogP contribution in [0, 0.1) is 0 Å². The second-order valence-electron chi connectivity index (χ2n) is 4.15. The fraction of sp³-hybridized carbons (Fsp3) is 0.250. The molecule has 0 aliphatic heterocycles. The molecule has 1 aliphatic carbocycles. The van der Waals surface area contributed by atoms with Gasteiger partial charge in [-0.05, 0) is 40.9 Å². The van der Waals surface area contributed by atoms with Crippen molar-refractivity contribution in [1.82, 2.24) is 10.2 Å². The molecule has 0 saturated heterocycles. The predicted molar refractivity (Wildman–Crippen MR) is 74.0 cm³/mol. The Hall–Kier alpha value is -1.27. The summed E-state index contributed by atoms with van der Waals surface area (Å²) in [4.78, 5) is 12.0. The minimum Gasteiger partial charge on any atom is -0.296 e. The van der Waals surface area contributed by atoms with Gasteiger partial charge in [0.15, 0.2) is 0 Å². The van der Waals surface area contributed by atoms with Crippen LogP contribution in [0.15, 0.2) is 28.7 Å². The summed E-state index contributed by atoms with van der Waals surface area (Å²) in [6.07, 6.45) is 2.37. The third-order valence-corrected chi connectivity index (χ3v) is 4.40. The fourth-order valence-corrected chi connectivity index (χ4v) is 2.96. The van der Waals surface area contributed by atoms with Gasteiger partial charge in [0.05, 0.1) is 5.56 Å². The average molecular weight is 324 g/mol. The molecular weight excluding hydrogens is 314 g/mol. The maximum Gasteiger partial charge on any atom is 0.258 e. The van der Waals surface area contributed by atoms with Crippen LogP contribution in [0.5, 0.6) is 0 Å². The van der Waals surface area contributed by atoms with Crippen molar-refractivity contribution in [3.8, 4) is 0 Å². The van der Waals surface area contributed by atoms with Crippen molar-refractivity contribution in [2.45, 2.75) is 18.8 Å². The molecule has 92 valence electrons. The van der Waals surface area contributed by atoms with Gasteiger partial charge in [-0.3, -0.25) is 10.1 Å². The van der Waals surface area contributed by atoms with E-state index in [-0.39, 0.29) is 5.91 Å². The maximum atomic E-state index is 12.0. The van der Waals surface area contributed by atoms with Gasteiger partial charge in [-0.2, -0.15) is 0 Å². The molecule has 18 heavy (non-hydrogen) atoms. The highest BCUT2D eigenvalue weighted by Crippen LogP contribution is 2.42. The van der Waals surface area contributed by atoms with Crippen molar-refractivity contribution in [2.75, 3.05) is 5.32 Å². The van der Waals surface area contributed by atoms with Crippen LogP contribution in [0.4, 0.5) is 5.13 Å². The molecule has 1 fully saturated rings. The quantitative estimate of drug-likeness (QED) is 0.941. The molecular formula is C12H10BrN3OS. The third-order valence-electron chi connectivity index (χ3n) is 2.71. The zero-order valence-corrected chi connectivity index (χ0v) is 11.8. The van der Waals surface area contributed by atoms with Gasteiger partial charge in [0, 0.05) is 10.4 Å². The number of amides is 1. The highest BCUT2D eigenvalue weighted by molar-refractivity contribution is 9.10. The molecule has 6 heteroatoms. The van der Waals surface area contributed by atoms with Crippen LogP contribution in [0.2, 0.25) is 0 Å². The second kappa shape index (κ2) is 4.78. The molecule has 0 spiro atoms. The SMILES string of the molecule is O=C(Nc1nnc(C2CC2)s1)c1ccccc1Br. The molecule has 3 rings (SSSR count). The molecule has 2 aromatic rings. The van der Waals surface area contributed by atoms with E-state index in [0.717, 1.165) is 9.48 Å². The number of carbonyl (C=O) groups excluding carboxylic acids is 1. The van der Waals surface area contributed by atoms with Gasteiger partial charge in [-0.1, -0.05) is 23.5 Å².